The fraction of sp³-hybridized carbons (Fsp3) is 0.261. The van der Waals surface area contributed by atoms with Crippen molar-refractivity contribution in [2.45, 2.75) is 25.3 Å². The van der Waals surface area contributed by atoms with Crippen LogP contribution < -0.4 is 10.4 Å². The highest BCUT2D eigenvalue weighted by Gasteiger charge is 2.32. The summed E-state index contributed by atoms with van der Waals surface area (Å²) in [6.07, 6.45) is 4.02. The van der Waals surface area contributed by atoms with Crippen LogP contribution in [0.2, 0.25) is 0 Å². The lowest BCUT2D eigenvalue weighted by Crippen LogP contribution is -2.41. The predicted molar refractivity (Wildman–Crippen MR) is 118 cm³/mol. The number of hydrogen-bond donors (Lipinski definition) is 1. The molecule has 168 valence electrons. The largest absolute Gasteiger partial charge is 0.484 e. The van der Waals surface area contributed by atoms with Crippen LogP contribution in [0.15, 0.2) is 70.2 Å². The molecule has 10 nitrogen and oxygen atoms in total. The van der Waals surface area contributed by atoms with Crippen molar-refractivity contribution in [3.8, 4) is 22.8 Å². The Bertz CT molecular complexity index is 1300. The number of piperidine rings is 1. The summed E-state index contributed by atoms with van der Waals surface area (Å²) in [5.74, 6) is 1.31. The van der Waals surface area contributed by atoms with E-state index < -0.39 is 0 Å². The van der Waals surface area contributed by atoms with Gasteiger partial charge in [0, 0.05) is 12.1 Å². The second kappa shape index (κ2) is 9.11. The van der Waals surface area contributed by atoms with E-state index in [0.29, 0.717) is 35.3 Å². The summed E-state index contributed by atoms with van der Waals surface area (Å²) in [4.78, 5) is 31.1. The normalized spacial score (nSPS) is 16.0. The number of amides is 1. The van der Waals surface area contributed by atoms with Gasteiger partial charge >= 0.3 is 5.69 Å². The lowest BCUT2D eigenvalue weighted by atomic mass is 10.0. The number of rotatable bonds is 6. The van der Waals surface area contributed by atoms with Gasteiger partial charge in [-0.05, 0) is 43.5 Å². The molecule has 0 unspecified atom stereocenters. The highest BCUT2D eigenvalue weighted by Crippen LogP contribution is 2.31. The van der Waals surface area contributed by atoms with Gasteiger partial charge in [-0.3, -0.25) is 4.79 Å². The van der Waals surface area contributed by atoms with Crippen LogP contribution in [0.5, 0.6) is 5.75 Å². The van der Waals surface area contributed by atoms with Gasteiger partial charge in [0.1, 0.15) is 18.1 Å². The van der Waals surface area contributed by atoms with Crippen molar-refractivity contribution in [2.24, 2.45) is 0 Å². The summed E-state index contributed by atoms with van der Waals surface area (Å²) in [5.41, 5.74) is 0.983. The predicted octanol–water partition coefficient (Wildman–Crippen LogP) is 2.74. The number of H-pyrrole nitrogens is 1. The topological polar surface area (TPSA) is 119 Å². The van der Waals surface area contributed by atoms with Gasteiger partial charge in [0.2, 0.25) is 11.7 Å². The molecule has 1 fully saturated rings. The van der Waals surface area contributed by atoms with Crippen molar-refractivity contribution in [3.05, 3.63) is 77.3 Å². The highest BCUT2D eigenvalue weighted by atomic mass is 16.5. The molecule has 1 saturated heterocycles. The van der Waals surface area contributed by atoms with Gasteiger partial charge in [-0.2, -0.15) is 10.1 Å². The Morgan fingerprint density at radius 2 is 2.03 bits per heavy atom. The Kier molecular flexibility index (Phi) is 5.71. The monoisotopic (exact) mass is 446 g/mol. The molecule has 10 heteroatoms. The highest BCUT2D eigenvalue weighted by molar-refractivity contribution is 5.78. The molecule has 0 bridgehead atoms. The zero-order valence-corrected chi connectivity index (χ0v) is 17.8. The van der Waals surface area contributed by atoms with E-state index >= 15 is 0 Å². The molecule has 1 N–H and O–H groups in total. The Labute approximate surface area is 188 Å². The summed E-state index contributed by atoms with van der Waals surface area (Å²) in [5, 5.41) is 10.3. The second-order valence-corrected chi connectivity index (χ2v) is 7.74. The summed E-state index contributed by atoms with van der Waals surface area (Å²) in [6, 6.07) is 16.2. The van der Waals surface area contributed by atoms with E-state index in [4.69, 9.17) is 9.26 Å². The number of aromatic amines is 1. The van der Waals surface area contributed by atoms with Gasteiger partial charge in [0.05, 0.1) is 5.69 Å². The number of carbonyl (C=O) groups excluding carboxylic acids is 1. The van der Waals surface area contributed by atoms with Crippen molar-refractivity contribution < 1.29 is 14.1 Å². The van der Waals surface area contributed by atoms with Crippen LogP contribution in [0.4, 0.5) is 0 Å². The van der Waals surface area contributed by atoms with E-state index in [1.165, 1.54) is 10.9 Å². The van der Waals surface area contributed by atoms with Crippen LogP contribution >= 0.6 is 0 Å². The third-order valence-corrected chi connectivity index (χ3v) is 5.59. The maximum absolute atomic E-state index is 12.9. The van der Waals surface area contributed by atoms with E-state index in [0.717, 1.165) is 19.3 Å². The van der Waals surface area contributed by atoms with Crippen LogP contribution in [-0.2, 0) is 4.79 Å². The van der Waals surface area contributed by atoms with Gasteiger partial charge in [0.25, 0.3) is 5.91 Å². The van der Waals surface area contributed by atoms with Crippen LogP contribution in [-0.4, -0.2) is 48.9 Å². The Morgan fingerprint density at radius 1 is 1.15 bits per heavy atom. The zero-order valence-electron chi connectivity index (χ0n) is 17.8. The third kappa shape index (κ3) is 4.40. The molecule has 2 aromatic heterocycles. The summed E-state index contributed by atoms with van der Waals surface area (Å²) < 4.78 is 12.6. The molecule has 0 saturated carbocycles. The number of hydrogen-bond acceptors (Lipinski definition) is 7. The number of aromatic nitrogens is 5. The number of benzene rings is 2. The minimum atomic E-state index is -0.338. The van der Waals surface area contributed by atoms with Gasteiger partial charge in [-0.25, -0.2) is 14.5 Å². The van der Waals surface area contributed by atoms with Crippen molar-refractivity contribution in [3.63, 3.8) is 0 Å². The van der Waals surface area contributed by atoms with E-state index in [1.54, 1.807) is 23.1 Å². The van der Waals surface area contributed by atoms with E-state index in [2.05, 4.69) is 20.3 Å². The second-order valence-electron chi connectivity index (χ2n) is 7.74. The molecule has 1 aliphatic heterocycles. The first-order valence-electron chi connectivity index (χ1n) is 10.7. The molecule has 33 heavy (non-hydrogen) atoms. The van der Waals surface area contributed by atoms with Crippen molar-refractivity contribution >= 4 is 5.91 Å². The third-order valence-electron chi connectivity index (χ3n) is 5.59. The first kappa shape index (κ1) is 20.7. The first-order chi connectivity index (χ1) is 16.2. The first-order valence-corrected chi connectivity index (χ1v) is 10.7. The quantitative estimate of drug-likeness (QED) is 0.484. The van der Waals surface area contributed by atoms with Gasteiger partial charge < -0.3 is 14.2 Å². The van der Waals surface area contributed by atoms with E-state index in [1.807, 2.05) is 36.4 Å². The fourth-order valence-electron chi connectivity index (χ4n) is 3.95. The molecule has 0 aliphatic carbocycles. The molecule has 5 rings (SSSR count). The maximum Gasteiger partial charge on any atom is 0.347 e. The van der Waals surface area contributed by atoms with Crippen LogP contribution in [0.25, 0.3) is 17.1 Å². The molecular weight excluding hydrogens is 424 g/mol. The smallest absolute Gasteiger partial charge is 0.347 e. The van der Waals surface area contributed by atoms with Crippen LogP contribution in [0, 0.1) is 0 Å². The van der Waals surface area contributed by atoms with Crippen LogP contribution in [0.3, 0.4) is 0 Å². The standard InChI is InChI=1S/C23H22N6O4/c30-20(14-32-18-9-2-1-3-10-18)28-12-5-4-11-19(28)22-25-21(27-33-22)16-7-6-8-17(13-16)29-15-24-26-23(29)31/h1-3,6-10,13,15,19H,4-5,11-12,14H2,(H,26,31)/t19-/m1/s1. The lowest BCUT2D eigenvalue weighted by Gasteiger charge is -2.33. The molecule has 2 aromatic carbocycles. The SMILES string of the molecule is O=C(COc1ccccc1)N1CCCC[C@@H]1c1nc(-c2cccc(-n3cn[nH]c3=O)c2)no1. The Hall–Kier alpha value is -4.21. The number of para-hydroxylation sites is 1. The number of nitrogens with zero attached hydrogens (tertiary/aromatic N) is 5. The van der Waals surface area contributed by atoms with Crippen molar-refractivity contribution in [1.29, 1.82) is 0 Å². The molecule has 1 amide bonds. The summed E-state index contributed by atoms with van der Waals surface area (Å²) in [7, 11) is 0. The summed E-state index contributed by atoms with van der Waals surface area (Å²) in [6.45, 7) is 0.557. The van der Waals surface area contributed by atoms with Gasteiger partial charge in [-0.1, -0.05) is 35.5 Å². The molecular formula is C23H22N6O4. The van der Waals surface area contributed by atoms with Crippen molar-refractivity contribution in [1.82, 2.24) is 29.8 Å². The van der Waals surface area contributed by atoms with E-state index in [-0.39, 0.29) is 24.2 Å². The lowest BCUT2D eigenvalue weighted by molar-refractivity contribution is -0.138. The van der Waals surface area contributed by atoms with E-state index in [9.17, 15) is 9.59 Å². The number of ether oxygens (including phenoxy) is 1. The number of nitrogens with one attached hydrogen (secondary N) is 1. The molecule has 0 spiro atoms. The average Bonchev–Trinajstić information content (AvgIpc) is 3.53. The fourth-order valence-corrected chi connectivity index (χ4v) is 3.95. The minimum Gasteiger partial charge on any atom is -0.484 e. The van der Waals surface area contributed by atoms with Gasteiger partial charge in [0.15, 0.2) is 6.61 Å². The molecule has 4 aromatic rings. The molecule has 1 atom stereocenters. The Morgan fingerprint density at radius 3 is 2.85 bits per heavy atom. The summed E-state index contributed by atoms with van der Waals surface area (Å²) >= 11 is 0. The molecule has 0 radical (unpaired) electrons. The minimum absolute atomic E-state index is 0.0526. The Balaban J connectivity index is 1.34. The molecule has 3 heterocycles. The van der Waals surface area contributed by atoms with Crippen LogP contribution in [0.1, 0.15) is 31.2 Å². The molecule has 1 aliphatic rings. The average molecular weight is 446 g/mol. The number of likely N-dealkylation sites (tertiary alicyclic amines) is 1. The number of carbonyl (C=O) groups is 1. The van der Waals surface area contributed by atoms with Crippen molar-refractivity contribution in [2.75, 3.05) is 13.2 Å². The van der Waals surface area contributed by atoms with Gasteiger partial charge in [-0.15, -0.1) is 0 Å². The zero-order chi connectivity index (χ0) is 22.6. The maximum atomic E-state index is 12.9.